The zero-order chi connectivity index (χ0) is 12.4. The van der Waals surface area contributed by atoms with E-state index >= 15 is 0 Å². The minimum Gasteiger partial charge on any atom is -0.369 e. The normalized spacial score (nSPS) is 61.8. The Morgan fingerprint density at radius 3 is 2.24 bits per heavy atom. The van der Waals surface area contributed by atoms with Crippen molar-refractivity contribution in [2.24, 2.45) is 11.8 Å². The molecule has 2 bridgehead atoms. The summed E-state index contributed by atoms with van der Waals surface area (Å²) in [6, 6.07) is 0. The highest BCUT2D eigenvalue weighted by molar-refractivity contribution is 6.65. The van der Waals surface area contributed by atoms with Gasteiger partial charge in [0.05, 0.1) is 22.3 Å². The second kappa shape index (κ2) is 3.03. The third-order valence-electron chi connectivity index (χ3n) is 4.61. The summed E-state index contributed by atoms with van der Waals surface area (Å²) in [6.45, 7) is 0. The number of hydrogen-bond acceptors (Lipinski definition) is 1. The summed E-state index contributed by atoms with van der Waals surface area (Å²) in [7, 11) is 0. The zero-order valence-electron chi connectivity index (χ0n) is 8.19. The van der Waals surface area contributed by atoms with E-state index in [2.05, 4.69) is 0 Å². The second-order valence-electron chi connectivity index (χ2n) is 5.13. The van der Waals surface area contributed by atoms with Crippen LogP contribution in [0.15, 0.2) is 10.1 Å². The lowest BCUT2D eigenvalue weighted by Gasteiger charge is -2.33. The number of rotatable bonds is 0. The van der Waals surface area contributed by atoms with Crippen molar-refractivity contribution in [3.8, 4) is 0 Å². The first-order valence-electron chi connectivity index (χ1n) is 5.25. The predicted octanol–water partition coefficient (Wildman–Crippen LogP) is 4.24. The van der Waals surface area contributed by atoms with E-state index in [1.54, 1.807) is 0 Å². The first-order chi connectivity index (χ1) is 7.78. The quantitative estimate of drug-likeness (QED) is 0.468. The van der Waals surface area contributed by atoms with Crippen LogP contribution in [-0.4, -0.2) is 26.3 Å². The third-order valence-corrected chi connectivity index (χ3v) is 8.93. The van der Waals surface area contributed by atoms with Crippen LogP contribution in [0.4, 0.5) is 0 Å². The standard InChI is InChI=1S/C10H6Cl6O/c11-6-7(12)9(14)4-2(1-3-5(4)17-3)8(6,13)10(9,15)16/h2-5H,1H2/t2-,3+,4+,5-,8-,9+/m1/s1. The summed E-state index contributed by atoms with van der Waals surface area (Å²) in [4.78, 5) is -2.21. The molecule has 3 aliphatic carbocycles. The summed E-state index contributed by atoms with van der Waals surface area (Å²) in [5, 5.41) is 0.571. The van der Waals surface area contributed by atoms with E-state index < -0.39 is 14.1 Å². The monoisotopic (exact) mass is 352 g/mol. The van der Waals surface area contributed by atoms with Gasteiger partial charge in [0, 0.05) is 5.92 Å². The van der Waals surface area contributed by atoms with Crippen molar-refractivity contribution in [2.75, 3.05) is 0 Å². The molecule has 2 saturated carbocycles. The average Bonchev–Trinajstić information content (AvgIpc) is 2.88. The van der Waals surface area contributed by atoms with Gasteiger partial charge in [-0.05, 0) is 12.3 Å². The summed E-state index contributed by atoms with van der Waals surface area (Å²) in [5.74, 6) is -0.0351. The molecule has 1 saturated heterocycles. The SMILES string of the molecule is ClC1=C(Cl)[C@]2(Cl)[C@@H]3C[C@@H]4O[C@H]4[C@H]3[C@@]1(Cl)C2(Cl)Cl. The number of hydrogen-bond donors (Lipinski definition) is 0. The fourth-order valence-corrected chi connectivity index (χ4v) is 6.90. The fraction of sp³-hybridized carbons (Fsp3) is 0.800. The van der Waals surface area contributed by atoms with Crippen molar-refractivity contribution in [1.82, 2.24) is 0 Å². The highest BCUT2D eigenvalue weighted by Crippen LogP contribution is 2.80. The van der Waals surface area contributed by atoms with Gasteiger partial charge in [0.15, 0.2) is 4.33 Å². The van der Waals surface area contributed by atoms with Gasteiger partial charge in [0.25, 0.3) is 0 Å². The topological polar surface area (TPSA) is 12.5 Å². The Kier molecular flexibility index (Phi) is 2.17. The number of allylic oxidation sites excluding steroid dienone is 2. The Labute approximate surface area is 128 Å². The van der Waals surface area contributed by atoms with Gasteiger partial charge in [0.2, 0.25) is 0 Å². The number of alkyl halides is 4. The van der Waals surface area contributed by atoms with Gasteiger partial charge in [-0.3, -0.25) is 0 Å². The molecule has 7 heteroatoms. The molecule has 1 heterocycles. The molecule has 94 valence electrons. The van der Waals surface area contributed by atoms with E-state index in [1.165, 1.54) is 0 Å². The molecule has 1 aliphatic heterocycles. The molecule has 4 rings (SSSR count). The van der Waals surface area contributed by atoms with Gasteiger partial charge in [-0.1, -0.05) is 46.4 Å². The van der Waals surface area contributed by atoms with Crippen LogP contribution < -0.4 is 0 Å². The Balaban J connectivity index is 2.00. The smallest absolute Gasteiger partial charge is 0.166 e. The minimum atomic E-state index is -1.40. The first-order valence-corrected chi connectivity index (χ1v) is 7.52. The van der Waals surface area contributed by atoms with Crippen molar-refractivity contribution < 1.29 is 4.74 Å². The lowest BCUT2D eigenvalue weighted by atomic mass is 9.84. The van der Waals surface area contributed by atoms with E-state index in [9.17, 15) is 0 Å². The van der Waals surface area contributed by atoms with Crippen LogP contribution in [0.5, 0.6) is 0 Å². The van der Waals surface area contributed by atoms with Gasteiger partial charge in [-0.2, -0.15) is 0 Å². The van der Waals surface area contributed by atoms with Gasteiger partial charge in [0.1, 0.15) is 9.75 Å². The van der Waals surface area contributed by atoms with E-state index in [4.69, 9.17) is 74.3 Å². The van der Waals surface area contributed by atoms with Crippen molar-refractivity contribution >= 4 is 69.6 Å². The molecule has 0 radical (unpaired) electrons. The molecule has 0 amide bonds. The predicted molar refractivity (Wildman–Crippen MR) is 70.6 cm³/mol. The maximum atomic E-state index is 6.64. The molecular formula is C10H6Cl6O. The van der Waals surface area contributed by atoms with E-state index in [-0.39, 0.29) is 29.1 Å². The van der Waals surface area contributed by atoms with Crippen molar-refractivity contribution in [3.63, 3.8) is 0 Å². The molecule has 0 unspecified atom stereocenters. The number of epoxide rings is 1. The Morgan fingerprint density at radius 2 is 1.59 bits per heavy atom. The maximum absolute atomic E-state index is 6.64. The fourth-order valence-electron chi connectivity index (χ4n) is 3.81. The largest absolute Gasteiger partial charge is 0.369 e. The Morgan fingerprint density at radius 1 is 1.00 bits per heavy atom. The van der Waals surface area contributed by atoms with Crippen LogP contribution in [0, 0.1) is 11.8 Å². The Bertz CT molecular complexity index is 475. The zero-order valence-corrected chi connectivity index (χ0v) is 12.7. The van der Waals surface area contributed by atoms with Gasteiger partial charge in [-0.25, -0.2) is 0 Å². The number of ether oxygens (including phenoxy) is 1. The summed E-state index contributed by atoms with van der Waals surface area (Å²) in [6.07, 6.45) is 1.06. The van der Waals surface area contributed by atoms with Gasteiger partial charge in [-0.15, -0.1) is 23.2 Å². The highest BCUT2D eigenvalue weighted by atomic mass is 35.5. The maximum Gasteiger partial charge on any atom is 0.166 e. The summed E-state index contributed by atoms with van der Waals surface area (Å²) >= 11 is 38.6. The molecule has 1 nitrogen and oxygen atoms in total. The Hall–Kier alpha value is 1.44. The molecule has 0 aromatic heterocycles. The summed E-state index contributed by atoms with van der Waals surface area (Å²) in [5.41, 5.74) is 0. The molecule has 0 spiro atoms. The minimum absolute atomic E-state index is 0.0235. The summed E-state index contributed by atoms with van der Waals surface area (Å²) < 4.78 is 4.12. The molecule has 0 aromatic rings. The van der Waals surface area contributed by atoms with Crippen LogP contribution >= 0.6 is 69.6 Å². The second-order valence-corrected chi connectivity index (χ2v) is 8.41. The van der Waals surface area contributed by atoms with E-state index in [1.807, 2.05) is 0 Å². The van der Waals surface area contributed by atoms with Crippen molar-refractivity contribution in [1.29, 1.82) is 0 Å². The van der Waals surface area contributed by atoms with Crippen molar-refractivity contribution in [2.45, 2.75) is 32.7 Å². The molecular weight excluding hydrogens is 349 g/mol. The van der Waals surface area contributed by atoms with Gasteiger partial charge >= 0.3 is 0 Å². The molecule has 3 fully saturated rings. The van der Waals surface area contributed by atoms with Crippen LogP contribution in [0.2, 0.25) is 0 Å². The molecule has 6 atom stereocenters. The molecule has 17 heavy (non-hydrogen) atoms. The lowest BCUT2D eigenvalue weighted by Crippen LogP contribution is -2.45. The van der Waals surface area contributed by atoms with Crippen LogP contribution in [0.1, 0.15) is 6.42 Å². The number of halogens is 6. The lowest BCUT2D eigenvalue weighted by molar-refractivity contribution is 0.200. The van der Waals surface area contributed by atoms with Crippen molar-refractivity contribution in [3.05, 3.63) is 10.1 Å². The molecule has 0 aromatic carbocycles. The molecule has 0 N–H and O–H groups in total. The van der Waals surface area contributed by atoms with Gasteiger partial charge < -0.3 is 4.74 Å². The third kappa shape index (κ3) is 0.971. The first kappa shape index (κ1) is 12.2. The molecule has 4 aliphatic rings. The number of fused-ring (bicyclic) bond motifs is 7. The highest BCUT2D eigenvalue weighted by Gasteiger charge is 2.87. The average molecular weight is 355 g/mol. The van der Waals surface area contributed by atoms with E-state index in [0.29, 0.717) is 5.03 Å². The van der Waals surface area contributed by atoms with Crippen LogP contribution in [0.25, 0.3) is 0 Å². The van der Waals surface area contributed by atoms with Crippen LogP contribution in [-0.2, 0) is 4.74 Å². The van der Waals surface area contributed by atoms with Crippen LogP contribution in [0.3, 0.4) is 0 Å². The van der Waals surface area contributed by atoms with E-state index in [0.717, 1.165) is 6.42 Å².